The summed E-state index contributed by atoms with van der Waals surface area (Å²) in [6.07, 6.45) is 2.79. The van der Waals surface area contributed by atoms with E-state index in [0.29, 0.717) is 16.9 Å². The van der Waals surface area contributed by atoms with Gasteiger partial charge in [0.2, 0.25) is 0 Å². The van der Waals surface area contributed by atoms with E-state index in [1.807, 2.05) is 32.0 Å². The summed E-state index contributed by atoms with van der Waals surface area (Å²) < 4.78 is 18.1. The number of esters is 1. The van der Waals surface area contributed by atoms with E-state index in [1.54, 1.807) is 36.4 Å². The number of halogens is 1. The first-order valence-corrected chi connectivity index (χ1v) is 9.05. The second-order valence-corrected chi connectivity index (χ2v) is 6.60. The van der Waals surface area contributed by atoms with Crippen LogP contribution in [0.15, 0.2) is 72.8 Å². The average Bonchev–Trinajstić information content (AvgIpc) is 2.71. The van der Waals surface area contributed by atoms with E-state index in [9.17, 15) is 14.0 Å². The number of carbonyl (C=O) groups excluding carboxylic acids is 2. The SMILES string of the molecule is Cc1ccc(C)c(NC(=O)c2ccc(OC(=O)/C=C/c3ccc(F)cc3)cc2)c1. The number of rotatable bonds is 5. The average molecular weight is 389 g/mol. The summed E-state index contributed by atoms with van der Waals surface area (Å²) in [5.74, 6) is -0.830. The molecular formula is C24H20FNO3. The molecule has 0 saturated carbocycles. The number of ether oxygens (including phenoxy) is 1. The molecule has 146 valence electrons. The van der Waals surface area contributed by atoms with Crippen molar-refractivity contribution in [2.75, 3.05) is 5.32 Å². The van der Waals surface area contributed by atoms with Crippen LogP contribution in [-0.4, -0.2) is 11.9 Å². The van der Waals surface area contributed by atoms with Gasteiger partial charge in [0, 0.05) is 17.3 Å². The van der Waals surface area contributed by atoms with Crippen LogP contribution in [0.1, 0.15) is 27.0 Å². The van der Waals surface area contributed by atoms with Crippen molar-refractivity contribution in [3.05, 3.63) is 101 Å². The Balaban J connectivity index is 1.60. The van der Waals surface area contributed by atoms with Gasteiger partial charge in [-0.3, -0.25) is 4.79 Å². The molecule has 0 aliphatic carbocycles. The lowest BCUT2D eigenvalue weighted by Gasteiger charge is -2.10. The van der Waals surface area contributed by atoms with Gasteiger partial charge < -0.3 is 10.1 Å². The van der Waals surface area contributed by atoms with Crippen molar-refractivity contribution in [1.82, 2.24) is 0 Å². The van der Waals surface area contributed by atoms with Crippen LogP contribution < -0.4 is 10.1 Å². The van der Waals surface area contributed by atoms with E-state index >= 15 is 0 Å². The Morgan fingerprint density at radius 3 is 2.31 bits per heavy atom. The van der Waals surface area contributed by atoms with E-state index in [1.165, 1.54) is 24.3 Å². The Morgan fingerprint density at radius 2 is 1.62 bits per heavy atom. The fourth-order valence-electron chi connectivity index (χ4n) is 2.63. The number of benzene rings is 3. The zero-order valence-electron chi connectivity index (χ0n) is 16.1. The van der Waals surface area contributed by atoms with Gasteiger partial charge in [0.15, 0.2) is 0 Å². The number of nitrogens with one attached hydrogen (secondary N) is 1. The highest BCUT2D eigenvalue weighted by Crippen LogP contribution is 2.19. The Kier molecular flexibility index (Phi) is 6.19. The molecule has 1 N–H and O–H groups in total. The molecule has 1 amide bonds. The molecule has 0 radical (unpaired) electrons. The highest BCUT2D eigenvalue weighted by molar-refractivity contribution is 6.04. The smallest absolute Gasteiger partial charge is 0.336 e. The lowest BCUT2D eigenvalue weighted by Crippen LogP contribution is -2.13. The molecule has 0 fully saturated rings. The second-order valence-electron chi connectivity index (χ2n) is 6.60. The molecule has 4 nitrogen and oxygen atoms in total. The summed E-state index contributed by atoms with van der Waals surface area (Å²) >= 11 is 0. The molecule has 3 rings (SSSR count). The first-order valence-electron chi connectivity index (χ1n) is 9.05. The molecular weight excluding hydrogens is 369 g/mol. The first kappa shape index (κ1) is 20.0. The van der Waals surface area contributed by atoms with Gasteiger partial charge in [0.05, 0.1) is 0 Å². The monoisotopic (exact) mass is 389 g/mol. The van der Waals surface area contributed by atoms with E-state index in [4.69, 9.17) is 4.74 Å². The molecule has 0 atom stereocenters. The summed E-state index contributed by atoms with van der Waals surface area (Å²) in [5.41, 5.74) is 3.93. The van der Waals surface area contributed by atoms with Crippen LogP contribution in [0.5, 0.6) is 5.75 Å². The van der Waals surface area contributed by atoms with Gasteiger partial charge in [-0.05, 0) is 79.1 Å². The van der Waals surface area contributed by atoms with Crippen LogP contribution in [0, 0.1) is 19.7 Å². The molecule has 5 heteroatoms. The summed E-state index contributed by atoms with van der Waals surface area (Å²) in [6.45, 7) is 3.89. The molecule has 0 unspecified atom stereocenters. The van der Waals surface area contributed by atoms with Gasteiger partial charge in [0.25, 0.3) is 5.91 Å². The Bertz CT molecular complexity index is 1050. The van der Waals surface area contributed by atoms with E-state index in [0.717, 1.165) is 16.8 Å². The Hall–Kier alpha value is -3.73. The first-order chi connectivity index (χ1) is 13.9. The van der Waals surface area contributed by atoms with E-state index in [2.05, 4.69) is 5.32 Å². The number of carbonyl (C=O) groups is 2. The minimum absolute atomic E-state index is 0.243. The molecule has 0 saturated heterocycles. The minimum Gasteiger partial charge on any atom is -0.423 e. The molecule has 0 spiro atoms. The number of anilines is 1. The van der Waals surface area contributed by atoms with Gasteiger partial charge >= 0.3 is 5.97 Å². The van der Waals surface area contributed by atoms with Crippen molar-refractivity contribution in [1.29, 1.82) is 0 Å². The molecule has 0 aromatic heterocycles. The maximum absolute atomic E-state index is 12.9. The van der Waals surface area contributed by atoms with Crippen molar-refractivity contribution in [3.63, 3.8) is 0 Å². The van der Waals surface area contributed by atoms with Crippen LogP contribution in [0.2, 0.25) is 0 Å². The second kappa shape index (κ2) is 8.97. The molecule has 3 aromatic carbocycles. The highest BCUT2D eigenvalue weighted by atomic mass is 19.1. The normalized spacial score (nSPS) is 10.7. The molecule has 3 aromatic rings. The van der Waals surface area contributed by atoms with Crippen molar-refractivity contribution >= 4 is 23.6 Å². The number of amides is 1. The molecule has 0 bridgehead atoms. The number of hydrogen-bond donors (Lipinski definition) is 1. The van der Waals surface area contributed by atoms with Crippen LogP contribution in [0.3, 0.4) is 0 Å². The third-order valence-electron chi connectivity index (χ3n) is 4.26. The van der Waals surface area contributed by atoms with Crippen molar-refractivity contribution in [3.8, 4) is 5.75 Å². The predicted octanol–water partition coefficient (Wildman–Crippen LogP) is 5.31. The summed E-state index contributed by atoms with van der Waals surface area (Å²) in [5, 5.41) is 2.89. The van der Waals surface area contributed by atoms with Crippen LogP contribution in [0.25, 0.3) is 6.08 Å². The van der Waals surface area contributed by atoms with Crippen molar-refractivity contribution in [2.24, 2.45) is 0 Å². The largest absolute Gasteiger partial charge is 0.423 e. The Morgan fingerprint density at radius 1 is 0.931 bits per heavy atom. The quantitative estimate of drug-likeness (QED) is 0.365. The molecule has 0 aliphatic rings. The predicted molar refractivity (Wildman–Crippen MR) is 111 cm³/mol. The van der Waals surface area contributed by atoms with Crippen molar-refractivity contribution in [2.45, 2.75) is 13.8 Å². The molecule has 0 heterocycles. The lowest BCUT2D eigenvalue weighted by atomic mass is 10.1. The molecule has 29 heavy (non-hydrogen) atoms. The van der Waals surface area contributed by atoms with Crippen LogP contribution in [-0.2, 0) is 4.79 Å². The minimum atomic E-state index is -0.568. The number of aryl methyl sites for hydroxylation is 2. The third kappa shape index (κ3) is 5.62. The van der Waals surface area contributed by atoms with Crippen LogP contribution >= 0.6 is 0 Å². The van der Waals surface area contributed by atoms with E-state index in [-0.39, 0.29) is 11.7 Å². The third-order valence-corrected chi connectivity index (χ3v) is 4.26. The van der Waals surface area contributed by atoms with Gasteiger partial charge in [-0.1, -0.05) is 24.3 Å². The van der Waals surface area contributed by atoms with Gasteiger partial charge in [-0.15, -0.1) is 0 Å². The summed E-state index contributed by atoms with van der Waals surface area (Å²) in [7, 11) is 0. The van der Waals surface area contributed by atoms with Crippen LogP contribution in [0.4, 0.5) is 10.1 Å². The highest BCUT2D eigenvalue weighted by Gasteiger charge is 2.09. The van der Waals surface area contributed by atoms with Gasteiger partial charge in [-0.25, -0.2) is 9.18 Å². The maximum atomic E-state index is 12.9. The van der Waals surface area contributed by atoms with E-state index < -0.39 is 5.97 Å². The fraction of sp³-hybridized carbons (Fsp3) is 0.0833. The summed E-state index contributed by atoms with van der Waals surface area (Å²) in [4.78, 5) is 24.4. The van der Waals surface area contributed by atoms with Gasteiger partial charge in [-0.2, -0.15) is 0 Å². The van der Waals surface area contributed by atoms with Crippen molar-refractivity contribution < 1.29 is 18.7 Å². The zero-order valence-corrected chi connectivity index (χ0v) is 16.1. The topological polar surface area (TPSA) is 55.4 Å². The summed E-state index contributed by atoms with van der Waals surface area (Å²) in [6, 6.07) is 17.9. The van der Waals surface area contributed by atoms with Gasteiger partial charge in [0.1, 0.15) is 11.6 Å². The maximum Gasteiger partial charge on any atom is 0.336 e. The lowest BCUT2D eigenvalue weighted by molar-refractivity contribution is -0.128. The standard InChI is InChI=1S/C24H20FNO3/c1-16-3-4-17(2)22(15-16)26-24(28)19-8-12-21(13-9-19)29-23(27)14-7-18-5-10-20(25)11-6-18/h3-15H,1-2H3,(H,26,28)/b14-7+. The molecule has 0 aliphatic heterocycles. The fourth-order valence-corrected chi connectivity index (χ4v) is 2.63. The number of hydrogen-bond acceptors (Lipinski definition) is 3. The zero-order chi connectivity index (χ0) is 20.8. The Labute approximate surface area is 168 Å².